The minimum atomic E-state index is -1.69. The van der Waals surface area contributed by atoms with Crippen LogP contribution >= 0.6 is 7.77 Å². The first-order chi connectivity index (χ1) is 10.6. The molecule has 0 radical (unpaired) electrons. The van der Waals surface area contributed by atoms with Gasteiger partial charge in [0.25, 0.3) is 0 Å². The molecule has 0 aromatic rings. The van der Waals surface area contributed by atoms with Gasteiger partial charge in [0.15, 0.2) is 18.9 Å². The number of hydrogen-bond acceptors (Lipinski definition) is 5. The second-order valence-electron chi connectivity index (χ2n) is 6.51. The third-order valence-electron chi connectivity index (χ3n) is 3.17. The van der Waals surface area contributed by atoms with Crippen LogP contribution in [-0.4, -0.2) is 78.5 Å². The van der Waals surface area contributed by atoms with Crippen LogP contribution in [0.25, 0.3) is 0 Å². The first kappa shape index (κ1) is 22.0. The number of aliphatic hydroxyl groups is 1. The van der Waals surface area contributed by atoms with Crippen molar-refractivity contribution in [2.75, 3.05) is 40.5 Å². The minimum absolute atomic E-state index is 0.123. The summed E-state index contributed by atoms with van der Waals surface area (Å²) in [5.41, 5.74) is 0. The lowest BCUT2D eigenvalue weighted by Gasteiger charge is -2.22. The van der Waals surface area contributed by atoms with Crippen molar-refractivity contribution in [1.29, 1.82) is 0 Å². The van der Waals surface area contributed by atoms with Gasteiger partial charge in [0.2, 0.25) is 0 Å². The maximum Gasteiger partial charge on any atom is 0.336 e. The van der Waals surface area contributed by atoms with Gasteiger partial charge in [-0.05, 0) is 6.42 Å². The zero-order valence-corrected chi connectivity index (χ0v) is 15.3. The van der Waals surface area contributed by atoms with Gasteiger partial charge in [0.05, 0.1) is 35.3 Å². The van der Waals surface area contributed by atoms with Gasteiger partial charge in [0.1, 0.15) is 11.8 Å². The molecular weight excluding hydrogens is 321 g/mol. The lowest BCUT2D eigenvalue weighted by atomic mass is 10.2. The van der Waals surface area contributed by atoms with Gasteiger partial charge in [-0.25, -0.2) is 4.79 Å². The zero-order valence-electron chi connectivity index (χ0n) is 14.4. The van der Waals surface area contributed by atoms with Crippen LogP contribution in [0.1, 0.15) is 32.6 Å². The van der Waals surface area contributed by atoms with Crippen molar-refractivity contribution in [2.24, 2.45) is 0 Å². The van der Waals surface area contributed by atoms with Gasteiger partial charge in [-0.2, -0.15) is 0 Å². The molecule has 0 saturated carbocycles. The Kier molecular flexibility index (Phi) is 10.2. The van der Waals surface area contributed by atoms with Crippen molar-refractivity contribution in [2.45, 2.75) is 38.7 Å². The number of unbranched alkanes of at least 4 members (excludes halogenated alkanes) is 1. The molecule has 2 atom stereocenters. The number of quaternary nitrogens is 1. The van der Waals surface area contributed by atoms with Crippen LogP contribution in [0.3, 0.4) is 0 Å². The summed E-state index contributed by atoms with van der Waals surface area (Å²) in [6.07, 6.45) is 0.492. The molecule has 0 aliphatic carbocycles. The quantitative estimate of drug-likeness (QED) is 0.313. The first-order valence-corrected chi connectivity index (χ1v) is 9.17. The summed E-state index contributed by atoms with van der Waals surface area (Å²) in [6.45, 7) is 2.63. The summed E-state index contributed by atoms with van der Waals surface area (Å²) in [4.78, 5) is 34.4. The van der Waals surface area contributed by atoms with Gasteiger partial charge >= 0.3 is 11.9 Å². The van der Waals surface area contributed by atoms with Crippen LogP contribution in [0.5, 0.6) is 0 Å². The normalized spacial score (nSPS) is 14.2. The minimum Gasteiger partial charge on any atom is -0.630 e. The summed E-state index contributed by atoms with van der Waals surface area (Å²) in [5.74, 6) is -2.27. The Morgan fingerprint density at radius 2 is 1.91 bits per heavy atom. The maximum atomic E-state index is 12.4. The predicted molar refractivity (Wildman–Crippen MR) is 88.4 cm³/mol. The molecule has 0 aliphatic rings. The Hall–Kier alpha value is -1.01. The Balaban J connectivity index is 4.71. The van der Waals surface area contributed by atoms with Gasteiger partial charge in [-0.3, -0.25) is 4.79 Å². The Bertz CT molecular complexity index is 430. The summed E-state index contributed by atoms with van der Waals surface area (Å²) >= 11 is 0. The van der Waals surface area contributed by atoms with E-state index in [2.05, 4.69) is 0 Å². The van der Waals surface area contributed by atoms with Crippen LogP contribution in [0.4, 0.5) is 0 Å². The molecular formula is C15H29NO6P+. The van der Waals surface area contributed by atoms with Crippen molar-refractivity contribution in [3.63, 3.8) is 0 Å². The molecule has 7 nitrogen and oxygen atoms in total. The van der Waals surface area contributed by atoms with E-state index >= 15 is 0 Å². The first-order valence-electron chi connectivity index (χ1n) is 7.73. The van der Waals surface area contributed by atoms with Crippen molar-refractivity contribution in [3.05, 3.63) is 0 Å². The second-order valence-corrected chi connectivity index (χ2v) is 8.34. The molecule has 8 heteroatoms. The van der Waals surface area contributed by atoms with E-state index in [1.54, 1.807) is 0 Å². The van der Waals surface area contributed by atoms with E-state index in [4.69, 9.17) is 9.84 Å². The summed E-state index contributed by atoms with van der Waals surface area (Å²) < 4.78 is 5.63. The van der Waals surface area contributed by atoms with E-state index in [0.717, 1.165) is 19.4 Å². The average molecular weight is 350 g/mol. The van der Waals surface area contributed by atoms with E-state index in [9.17, 15) is 19.6 Å². The third-order valence-corrected chi connectivity index (χ3v) is 4.83. The zero-order chi connectivity index (χ0) is 18.0. The summed E-state index contributed by atoms with van der Waals surface area (Å²) in [7, 11) is 4.42. The van der Waals surface area contributed by atoms with Gasteiger partial charge in [0, 0.05) is 6.42 Å². The standard InChI is InChI=1S/C15H28NO6P/c1-5-6-7-12(23(21)9-8-16(2,3)4)11-22-15(20)13(17)10-14(18)19/h13,17H,5-11H2,1-4H3/p+1. The van der Waals surface area contributed by atoms with E-state index < -0.39 is 32.2 Å². The Morgan fingerprint density at radius 1 is 1.30 bits per heavy atom. The van der Waals surface area contributed by atoms with Crippen molar-refractivity contribution >= 4 is 25.0 Å². The Morgan fingerprint density at radius 3 is 2.39 bits per heavy atom. The molecule has 134 valence electrons. The maximum absolute atomic E-state index is 12.4. The van der Waals surface area contributed by atoms with Crippen molar-refractivity contribution in [3.8, 4) is 0 Å². The highest BCUT2D eigenvalue weighted by molar-refractivity contribution is 7.51. The number of ether oxygens (including phenoxy) is 1. The van der Waals surface area contributed by atoms with E-state index in [0.29, 0.717) is 22.4 Å². The fourth-order valence-electron chi connectivity index (χ4n) is 1.70. The number of aliphatic hydroxyl groups excluding tert-OH is 1. The number of hydrogen-bond donors (Lipinski definition) is 2. The number of nitrogens with zero attached hydrogens (tertiary/aromatic N) is 1. The molecule has 0 fully saturated rings. The summed E-state index contributed by atoms with van der Waals surface area (Å²) in [6, 6.07) is 0. The Labute approximate surface area is 138 Å². The van der Waals surface area contributed by atoms with Crippen molar-refractivity contribution in [1.82, 2.24) is 0 Å². The smallest absolute Gasteiger partial charge is 0.336 e. The predicted octanol–water partition coefficient (Wildman–Crippen LogP) is 0.191. The number of carbonyl (C=O) groups excluding carboxylic acids is 1. The molecule has 0 heterocycles. The van der Waals surface area contributed by atoms with Crippen LogP contribution in [0, 0.1) is 0 Å². The fraction of sp³-hybridized carbons (Fsp3) is 0.800. The van der Waals surface area contributed by atoms with Crippen LogP contribution < -0.4 is 4.89 Å². The molecule has 0 saturated heterocycles. The van der Waals surface area contributed by atoms with E-state index in [-0.39, 0.29) is 6.61 Å². The summed E-state index contributed by atoms with van der Waals surface area (Å²) in [5, 5.41) is 18.6. The molecule has 0 aromatic heterocycles. The average Bonchev–Trinajstić information content (AvgIpc) is 2.43. The number of carboxylic acid groups (broad SMARTS) is 1. The topological polar surface area (TPSA) is 107 Å². The lowest BCUT2D eigenvalue weighted by molar-refractivity contribution is -0.867. The van der Waals surface area contributed by atoms with E-state index in [1.807, 2.05) is 28.1 Å². The largest absolute Gasteiger partial charge is 0.630 e. The molecule has 23 heavy (non-hydrogen) atoms. The number of carboxylic acids is 1. The molecule has 2 N–H and O–H groups in total. The molecule has 0 bridgehead atoms. The molecule has 0 aromatic carbocycles. The fourth-order valence-corrected chi connectivity index (χ4v) is 3.41. The number of esters is 1. The van der Waals surface area contributed by atoms with Crippen LogP contribution in [0.15, 0.2) is 0 Å². The molecule has 0 amide bonds. The molecule has 0 aliphatic heterocycles. The van der Waals surface area contributed by atoms with Gasteiger partial charge in [-0.1, -0.05) is 13.3 Å². The SMILES string of the molecule is CCCCC(COC(=O)C(O)CC(=O)O)=[P+]([O-])CC[N+](C)(C)C. The van der Waals surface area contributed by atoms with Gasteiger partial charge < -0.3 is 24.3 Å². The number of aliphatic carboxylic acids is 1. The third kappa shape index (κ3) is 11.2. The monoisotopic (exact) mass is 350 g/mol. The molecule has 2 unspecified atom stereocenters. The van der Waals surface area contributed by atoms with Crippen LogP contribution in [0.2, 0.25) is 0 Å². The second kappa shape index (κ2) is 10.7. The molecule has 0 spiro atoms. The molecule has 0 rings (SSSR count). The van der Waals surface area contributed by atoms with Gasteiger partial charge in [-0.15, -0.1) is 0 Å². The van der Waals surface area contributed by atoms with Crippen molar-refractivity contribution < 1.29 is 33.9 Å². The lowest BCUT2D eigenvalue weighted by Crippen LogP contribution is -2.37. The van der Waals surface area contributed by atoms with Crippen LogP contribution in [-0.2, 0) is 14.3 Å². The highest BCUT2D eigenvalue weighted by atomic mass is 31.1. The number of rotatable bonds is 11. The highest BCUT2D eigenvalue weighted by Crippen LogP contribution is 2.19. The highest BCUT2D eigenvalue weighted by Gasteiger charge is 2.22. The number of carbonyl (C=O) groups is 2. The van der Waals surface area contributed by atoms with E-state index in [1.165, 1.54) is 0 Å².